The second-order valence-corrected chi connectivity index (χ2v) is 6.23. The van der Waals surface area contributed by atoms with Gasteiger partial charge in [-0.15, -0.1) is 0 Å². The molecular weight excluding hydrogens is 376 g/mol. The van der Waals surface area contributed by atoms with E-state index in [0.29, 0.717) is 16.4 Å². The zero-order valence-electron chi connectivity index (χ0n) is 14.7. The lowest BCUT2D eigenvalue weighted by Gasteiger charge is -2.13. The molecule has 140 valence electrons. The van der Waals surface area contributed by atoms with Gasteiger partial charge in [0.15, 0.2) is 28.2 Å². The number of methoxy groups -OCH3 is 1. The van der Waals surface area contributed by atoms with E-state index in [4.69, 9.17) is 9.47 Å². The van der Waals surface area contributed by atoms with Gasteiger partial charge in [-0.25, -0.2) is 18.7 Å². The van der Waals surface area contributed by atoms with E-state index in [1.807, 2.05) is 0 Å². The second-order valence-electron chi connectivity index (χ2n) is 5.46. The molecule has 0 saturated carbocycles. The predicted molar refractivity (Wildman–Crippen MR) is 97.5 cm³/mol. The van der Waals surface area contributed by atoms with Crippen LogP contribution in [0.4, 0.5) is 8.78 Å². The molecule has 0 bridgehead atoms. The highest BCUT2D eigenvalue weighted by Gasteiger charge is 2.17. The van der Waals surface area contributed by atoms with Crippen LogP contribution in [-0.4, -0.2) is 27.9 Å². The Morgan fingerprint density at radius 3 is 2.59 bits per heavy atom. The molecule has 0 aliphatic carbocycles. The highest BCUT2D eigenvalue weighted by atomic mass is 32.2. The number of nitrogens with zero attached hydrogens (tertiary/aromatic N) is 3. The Balaban J connectivity index is 2.14. The molecule has 0 spiro atoms. The first-order valence-corrected chi connectivity index (χ1v) is 8.94. The smallest absolute Gasteiger partial charge is 0.292 e. The number of pyridine rings is 1. The molecule has 0 unspecified atom stereocenters. The quantitative estimate of drug-likeness (QED) is 0.489. The fraction of sp³-hybridized carbons (Fsp3) is 0.167. The standard InChI is InChI=1S/C18H15F2N3O3S/c1-23-9-10(6-14(25-2)17(23)24)16-15(8-21-18(22-16)27-3)26-13-5-4-11(19)7-12(13)20/h4-9H,1-3H3. The van der Waals surface area contributed by atoms with Crippen LogP contribution in [0, 0.1) is 11.6 Å². The van der Waals surface area contributed by atoms with Crippen molar-refractivity contribution in [1.82, 2.24) is 14.5 Å². The van der Waals surface area contributed by atoms with Crippen LogP contribution in [0.3, 0.4) is 0 Å². The van der Waals surface area contributed by atoms with Crippen molar-refractivity contribution in [2.75, 3.05) is 13.4 Å². The van der Waals surface area contributed by atoms with Crippen molar-refractivity contribution in [3.8, 4) is 28.5 Å². The molecule has 3 aromatic rings. The zero-order chi connectivity index (χ0) is 19.6. The number of hydrogen-bond donors (Lipinski definition) is 0. The van der Waals surface area contributed by atoms with Crippen LogP contribution < -0.4 is 15.0 Å². The Hall–Kier alpha value is -2.94. The molecule has 1 aromatic carbocycles. The fourth-order valence-corrected chi connectivity index (χ4v) is 2.71. The van der Waals surface area contributed by atoms with E-state index in [-0.39, 0.29) is 22.8 Å². The van der Waals surface area contributed by atoms with E-state index in [2.05, 4.69) is 9.97 Å². The molecular formula is C18H15F2N3O3S. The maximum absolute atomic E-state index is 14.0. The molecule has 0 N–H and O–H groups in total. The third-order valence-corrected chi connectivity index (χ3v) is 4.24. The molecule has 2 heterocycles. The van der Waals surface area contributed by atoms with E-state index < -0.39 is 11.6 Å². The highest BCUT2D eigenvalue weighted by molar-refractivity contribution is 7.98. The van der Waals surface area contributed by atoms with Gasteiger partial charge in [0.05, 0.1) is 13.3 Å². The molecule has 27 heavy (non-hydrogen) atoms. The Kier molecular flexibility index (Phi) is 5.41. The third kappa shape index (κ3) is 3.92. The van der Waals surface area contributed by atoms with E-state index >= 15 is 0 Å². The van der Waals surface area contributed by atoms with Crippen molar-refractivity contribution >= 4 is 11.8 Å². The molecule has 0 aliphatic rings. The number of thioether (sulfide) groups is 1. The van der Waals surface area contributed by atoms with Gasteiger partial charge < -0.3 is 14.0 Å². The largest absolute Gasteiger partial charge is 0.491 e. The number of ether oxygens (including phenoxy) is 2. The molecule has 6 nitrogen and oxygen atoms in total. The number of aryl methyl sites for hydroxylation is 1. The number of rotatable bonds is 5. The average molecular weight is 391 g/mol. The van der Waals surface area contributed by atoms with Crippen molar-refractivity contribution in [2.45, 2.75) is 5.16 Å². The number of hydrogen-bond acceptors (Lipinski definition) is 6. The summed E-state index contributed by atoms with van der Waals surface area (Å²) in [6.45, 7) is 0. The van der Waals surface area contributed by atoms with Gasteiger partial charge in [0.2, 0.25) is 0 Å². The minimum atomic E-state index is -0.854. The van der Waals surface area contributed by atoms with Gasteiger partial charge in [-0.05, 0) is 24.5 Å². The number of halogens is 2. The lowest BCUT2D eigenvalue weighted by atomic mass is 10.2. The third-order valence-electron chi connectivity index (χ3n) is 3.67. The van der Waals surface area contributed by atoms with Crippen molar-refractivity contribution in [1.29, 1.82) is 0 Å². The van der Waals surface area contributed by atoms with Gasteiger partial charge in [-0.3, -0.25) is 4.79 Å². The molecule has 0 atom stereocenters. The molecule has 0 aliphatic heterocycles. The second kappa shape index (κ2) is 7.75. The van der Waals surface area contributed by atoms with Crippen molar-refractivity contribution < 1.29 is 18.3 Å². The van der Waals surface area contributed by atoms with Gasteiger partial charge in [-0.2, -0.15) is 0 Å². The molecule has 9 heteroatoms. The first-order chi connectivity index (χ1) is 12.9. The lowest BCUT2D eigenvalue weighted by molar-refractivity contribution is 0.405. The molecule has 0 amide bonds. The average Bonchev–Trinajstić information content (AvgIpc) is 2.66. The van der Waals surface area contributed by atoms with E-state index in [0.717, 1.165) is 12.1 Å². The fourth-order valence-electron chi connectivity index (χ4n) is 2.37. The topological polar surface area (TPSA) is 66.2 Å². The zero-order valence-corrected chi connectivity index (χ0v) is 15.5. The summed E-state index contributed by atoms with van der Waals surface area (Å²) in [5.74, 6) is -1.46. The molecule has 3 rings (SSSR count). The highest BCUT2D eigenvalue weighted by Crippen LogP contribution is 2.34. The maximum atomic E-state index is 14.0. The first kappa shape index (κ1) is 18.8. The van der Waals surface area contributed by atoms with Gasteiger partial charge in [0.25, 0.3) is 5.56 Å². The summed E-state index contributed by atoms with van der Waals surface area (Å²) in [4.78, 5) is 20.6. The molecule has 0 saturated heterocycles. The minimum absolute atomic E-state index is 0.123. The summed E-state index contributed by atoms with van der Waals surface area (Å²) in [7, 11) is 2.96. The minimum Gasteiger partial charge on any atom is -0.491 e. The number of benzene rings is 1. The van der Waals surface area contributed by atoms with Gasteiger partial charge in [-0.1, -0.05) is 11.8 Å². The van der Waals surface area contributed by atoms with Crippen LogP contribution in [0.15, 0.2) is 46.6 Å². The number of aromatic nitrogens is 3. The van der Waals surface area contributed by atoms with Gasteiger partial charge >= 0.3 is 0 Å². The summed E-state index contributed by atoms with van der Waals surface area (Å²) >= 11 is 1.31. The SMILES string of the molecule is COc1cc(-c2nc(SC)ncc2Oc2ccc(F)cc2F)cn(C)c1=O. The first-order valence-electron chi connectivity index (χ1n) is 7.72. The molecule has 0 radical (unpaired) electrons. The Morgan fingerprint density at radius 1 is 1.15 bits per heavy atom. The van der Waals surface area contributed by atoms with E-state index in [9.17, 15) is 13.6 Å². The Morgan fingerprint density at radius 2 is 1.93 bits per heavy atom. The summed E-state index contributed by atoms with van der Waals surface area (Å²) in [5.41, 5.74) is 0.545. The van der Waals surface area contributed by atoms with Crippen molar-refractivity contribution in [3.63, 3.8) is 0 Å². The van der Waals surface area contributed by atoms with Crippen LogP contribution >= 0.6 is 11.8 Å². The van der Waals surface area contributed by atoms with E-state index in [1.165, 1.54) is 41.8 Å². The Bertz CT molecular complexity index is 1060. The predicted octanol–water partition coefficient (Wildman–Crippen LogP) is 3.64. The summed E-state index contributed by atoms with van der Waals surface area (Å²) in [6, 6.07) is 4.51. The monoisotopic (exact) mass is 391 g/mol. The van der Waals surface area contributed by atoms with Crippen molar-refractivity contribution in [3.05, 3.63) is 58.6 Å². The van der Waals surface area contributed by atoms with Crippen molar-refractivity contribution in [2.24, 2.45) is 7.05 Å². The maximum Gasteiger partial charge on any atom is 0.292 e. The summed E-state index contributed by atoms with van der Waals surface area (Å²) in [5, 5.41) is 0.463. The van der Waals surface area contributed by atoms with Crippen LogP contribution in [0.2, 0.25) is 0 Å². The van der Waals surface area contributed by atoms with Gasteiger partial charge in [0, 0.05) is 24.9 Å². The van der Waals surface area contributed by atoms with E-state index in [1.54, 1.807) is 19.5 Å². The lowest BCUT2D eigenvalue weighted by Crippen LogP contribution is -2.18. The summed E-state index contributed by atoms with van der Waals surface area (Å²) < 4.78 is 39.1. The van der Waals surface area contributed by atoms with Crippen LogP contribution in [0.1, 0.15) is 0 Å². The molecule has 0 fully saturated rings. The normalized spacial score (nSPS) is 10.7. The molecule has 2 aromatic heterocycles. The van der Waals surface area contributed by atoms with Crippen LogP contribution in [0.5, 0.6) is 17.2 Å². The Labute approximate surface area is 157 Å². The summed E-state index contributed by atoms with van der Waals surface area (Å²) in [6.07, 6.45) is 4.76. The van der Waals surface area contributed by atoms with Crippen LogP contribution in [-0.2, 0) is 7.05 Å². The van der Waals surface area contributed by atoms with Gasteiger partial charge in [0.1, 0.15) is 11.5 Å². The van der Waals surface area contributed by atoms with Crippen LogP contribution in [0.25, 0.3) is 11.3 Å².